The van der Waals surface area contributed by atoms with Crippen LogP contribution >= 0.6 is 15.9 Å². The van der Waals surface area contributed by atoms with E-state index in [1.54, 1.807) is 0 Å². The van der Waals surface area contributed by atoms with Gasteiger partial charge in [0.25, 0.3) is 0 Å². The first kappa shape index (κ1) is 14.4. The lowest BCUT2D eigenvalue weighted by Gasteiger charge is -2.39. The monoisotopic (exact) mass is 320 g/mol. The summed E-state index contributed by atoms with van der Waals surface area (Å²) in [5, 5.41) is 9.04. The molecule has 19 heavy (non-hydrogen) atoms. The fourth-order valence-corrected chi connectivity index (χ4v) is 3.31. The molecule has 2 nitrogen and oxygen atoms in total. The third-order valence-corrected chi connectivity index (χ3v) is 4.55. The first-order valence-electron chi connectivity index (χ1n) is 6.86. The van der Waals surface area contributed by atoms with Crippen molar-refractivity contribution in [2.75, 3.05) is 18.0 Å². The molecule has 1 aliphatic heterocycles. The molecule has 0 bridgehead atoms. The van der Waals surface area contributed by atoms with Crippen LogP contribution in [0.15, 0.2) is 22.7 Å². The molecular weight excluding hydrogens is 300 g/mol. The molecule has 0 atom stereocenters. The number of hydrogen-bond acceptors (Lipinski definition) is 2. The summed E-state index contributed by atoms with van der Waals surface area (Å²) in [6.45, 7) is 9.17. The summed E-state index contributed by atoms with van der Waals surface area (Å²) in [6.07, 6.45) is 2.47. The first-order valence-corrected chi connectivity index (χ1v) is 7.65. The topological polar surface area (TPSA) is 27.0 Å². The number of rotatable bonds is 1. The smallest absolute Gasteiger partial charge is 0.0992 e. The number of anilines is 1. The molecule has 0 saturated carbocycles. The van der Waals surface area contributed by atoms with Crippen LogP contribution < -0.4 is 4.90 Å². The minimum absolute atomic E-state index is 0.404. The van der Waals surface area contributed by atoms with Crippen molar-refractivity contribution in [2.24, 2.45) is 11.3 Å². The third-order valence-electron chi connectivity index (χ3n) is 4.10. The highest BCUT2D eigenvalue weighted by Crippen LogP contribution is 2.36. The van der Waals surface area contributed by atoms with Gasteiger partial charge in [-0.05, 0) is 42.4 Å². The van der Waals surface area contributed by atoms with Crippen molar-refractivity contribution in [3.05, 3.63) is 28.2 Å². The lowest BCUT2D eigenvalue weighted by atomic mass is 9.75. The van der Waals surface area contributed by atoms with Crippen LogP contribution in [0.3, 0.4) is 0 Å². The largest absolute Gasteiger partial charge is 0.371 e. The molecule has 0 spiro atoms. The van der Waals surface area contributed by atoms with E-state index in [1.165, 1.54) is 18.5 Å². The molecule has 0 amide bonds. The number of benzene rings is 1. The molecule has 3 heteroatoms. The lowest BCUT2D eigenvalue weighted by molar-refractivity contribution is 0.199. The normalized spacial score (nSPS) is 17.3. The first-order chi connectivity index (χ1) is 8.90. The molecule has 102 valence electrons. The average molecular weight is 321 g/mol. The minimum atomic E-state index is 0.404. The summed E-state index contributed by atoms with van der Waals surface area (Å²) < 4.78 is 0.986. The van der Waals surface area contributed by atoms with Gasteiger partial charge in [0, 0.05) is 23.2 Å². The summed E-state index contributed by atoms with van der Waals surface area (Å²) in [5.74, 6) is 0.798. The fraction of sp³-hybridized carbons (Fsp3) is 0.562. The maximum absolute atomic E-state index is 9.04. The Bertz CT molecular complexity index is 488. The maximum atomic E-state index is 9.04. The van der Waals surface area contributed by atoms with Gasteiger partial charge in [0.15, 0.2) is 0 Å². The van der Waals surface area contributed by atoms with Crippen LogP contribution in [0.4, 0.5) is 5.69 Å². The molecule has 1 saturated heterocycles. The van der Waals surface area contributed by atoms with Gasteiger partial charge in [-0.1, -0.05) is 36.7 Å². The fourth-order valence-electron chi connectivity index (χ4n) is 2.82. The van der Waals surface area contributed by atoms with Gasteiger partial charge in [0.1, 0.15) is 0 Å². The average Bonchev–Trinajstić information content (AvgIpc) is 2.37. The number of hydrogen-bond donors (Lipinski definition) is 0. The highest BCUT2D eigenvalue weighted by atomic mass is 79.9. The van der Waals surface area contributed by atoms with E-state index in [9.17, 15) is 0 Å². The van der Waals surface area contributed by atoms with E-state index < -0.39 is 0 Å². The molecule has 1 aromatic carbocycles. The highest BCUT2D eigenvalue weighted by Gasteiger charge is 2.28. The van der Waals surface area contributed by atoms with Gasteiger partial charge >= 0.3 is 0 Å². The predicted octanol–water partition coefficient (Wildman–Crippen LogP) is 4.58. The van der Waals surface area contributed by atoms with E-state index in [2.05, 4.69) is 53.7 Å². The van der Waals surface area contributed by atoms with Crippen molar-refractivity contribution >= 4 is 21.6 Å². The Morgan fingerprint density at radius 3 is 2.37 bits per heavy atom. The second kappa shape index (κ2) is 5.54. The van der Waals surface area contributed by atoms with Crippen molar-refractivity contribution in [1.29, 1.82) is 5.26 Å². The van der Waals surface area contributed by atoms with E-state index in [0.717, 1.165) is 29.0 Å². The Morgan fingerprint density at radius 2 is 1.84 bits per heavy atom. The van der Waals surface area contributed by atoms with Crippen LogP contribution in [0.5, 0.6) is 0 Å². The van der Waals surface area contributed by atoms with E-state index in [1.807, 2.05) is 12.1 Å². The molecule has 0 unspecified atom stereocenters. The Hall–Kier alpha value is -1.01. The number of nitriles is 1. The summed E-state index contributed by atoms with van der Waals surface area (Å²) in [6, 6.07) is 8.19. The van der Waals surface area contributed by atoms with Crippen LogP contribution in [0.25, 0.3) is 0 Å². The molecule has 1 aromatic rings. The van der Waals surface area contributed by atoms with Crippen LogP contribution in [-0.4, -0.2) is 13.1 Å². The zero-order chi connectivity index (χ0) is 14.0. The molecule has 1 heterocycles. The number of nitrogens with zero attached hydrogens (tertiary/aromatic N) is 2. The Kier molecular flexibility index (Phi) is 4.20. The van der Waals surface area contributed by atoms with Crippen LogP contribution in [0, 0.1) is 22.7 Å². The zero-order valence-corrected chi connectivity index (χ0v) is 13.5. The molecule has 0 aliphatic carbocycles. The molecular formula is C16H21BrN2. The van der Waals surface area contributed by atoms with Gasteiger partial charge in [0.2, 0.25) is 0 Å². The SMILES string of the molecule is CC(C)(C)C1CCN(c2cc(Br)cc(C#N)c2)CC1. The van der Waals surface area contributed by atoms with E-state index in [0.29, 0.717) is 5.41 Å². The van der Waals surface area contributed by atoms with Crippen LogP contribution in [0.1, 0.15) is 39.2 Å². The van der Waals surface area contributed by atoms with E-state index >= 15 is 0 Å². The van der Waals surface area contributed by atoms with Gasteiger partial charge in [-0.25, -0.2) is 0 Å². The van der Waals surface area contributed by atoms with Crippen LogP contribution in [0.2, 0.25) is 0 Å². The van der Waals surface area contributed by atoms with Crippen molar-refractivity contribution in [3.63, 3.8) is 0 Å². The minimum Gasteiger partial charge on any atom is -0.371 e. The third kappa shape index (κ3) is 3.51. The van der Waals surface area contributed by atoms with E-state index in [4.69, 9.17) is 5.26 Å². The summed E-state index contributed by atoms with van der Waals surface area (Å²) in [4.78, 5) is 2.40. The number of piperidine rings is 1. The highest BCUT2D eigenvalue weighted by molar-refractivity contribution is 9.10. The Morgan fingerprint density at radius 1 is 1.21 bits per heavy atom. The van der Waals surface area contributed by atoms with Crippen molar-refractivity contribution in [3.8, 4) is 6.07 Å². The van der Waals surface area contributed by atoms with Gasteiger partial charge in [-0.2, -0.15) is 5.26 Å². The van der Waals surface area contributed by atoms with E-state index in [-0.39, 0.29) is 0 Å². The zero-order valence-electron chi connectivity index (χ0n) is 11.9. The molecule has 0 N–H and O–H groups in total. The molecule has 2 rings (SSSR count). The number of halogens is 1. The molecule has 1 fully saturated rings. The molecule has 1 aliphatic rings. The lowest BCUT2D eigenvalue weighted by Crippen LogP contribution is -2.38. The Labute approximate surface area is 124 Å². The second-order valence-electron chi connectivity index (χ2n) is 6.44. The Balaban J connectivity index is 2.10. The quantitative estimate of drug-likeness (QED) is 0.757. The van der Waals surface area contributed by atoms with Gasteiger partial charge < -0.3 is 4.90 Å². The summed E-state index contributed by atoms with van der Waals surface area (Å²) >= 11 is 3.49. The van der Waals surface area contributed by atoms with Crippen molar-refractivity contribution in [2.45, 2.75) is 33.6 Å². The molecule has 0 radical (unpaired) electrons. The maximum Gasteiger partial charge on any atom is 0.0992 e. The van der Waals surface area contributed by atoms with Gasteiger partial charge in [0.05, 0.1) is 11.6 Å². The van der Waals surface area contributed by atoms with Gasteiger partial charge in [-0.15, -0.1) is 0 Å². The molecule has 0 aromatic heterocycles. The standard InChI is InChI=1S/C16H21BrN2/c1-16(2,3)13-4-6-19(7-5-13)15-9-12(11-18)8-14(17)10-15/h8-10,13H,4-7H2,1-3H3. The summed E-state index contributed by atoms with van der Waals surface area (Å²) in [7, 11) is 0. The van der Waals surface area contributed by atoms with Crippen LogP contribution in [-0.2, 0) is 0 Å². The summed E-state index contributed by atoms with van der Waals surface area (Å²) in [5.41, 5.74) is 2.29. The van der Waals surface area contributed by atoms with Gasteiger partial charge in [-0.3, -0.25) is 0 Å². The predicted molar refractivity (Wildman–Crippen MR) is 83.2 cm³/mol. The van der Waals surface area contributed by atoms with Crippen molar-refractivity contribution in [1.82, 2.24) is 0 Å². The second-order valence-corrected chi connectivity index (χ2v) is 7.35. The van der Waals surface area contributed by atoms with Crippen molar-refractivity contribution < 1.29 is 0 Å².